The number of nitrogens with zero attached hydrogens (tertiary/aromatic N) is 1. The van der Waals surface area contributed by atoms with Crippen LogP contribution in [0.25, 0.3) is 6.08 Å². The van der Waals surface area contributed by atoms with E-state index in [0.717, 1.165) is 12.8 Å². The summed E-state index contributed by atoms with van der Waals surface area (Å²) >= 11 is 12.0. The Bertz CT molecular complexity index is 502. The molecule has 1 amide bonds. The van der Waals surface area contributed by atoms with Crippen LogP contribution in [0.4, 0.5) is 0 Å². The number of halogens is 2. The molecular weight excluding hydrogens is 285 g/mol. The highest BCUT2D eigenvalue weighted by molar-refractivity contribution is 6.42. The highest BCUT2D eigenvalue weighted by Gasteiger charge is 2.26. The van der Waals surface area contributed by atoms with Crippen molar-refractivity contribution in [1.29, 1.82) is 0 Å². The summed E-state index contributed by atoms with van der Waals surface area (Å²) in [6.07, 6.45) is 4.92. The molecule has 0 spiro atoms. The minimum atomic E-state index is -0.104. The van der Waals surface area contributed by atoms with Gasteiger partial charge in [-0.05, 0) is 30.5 Å². The van der Waals surface area contributed by atoms with E-state index in [2.05, 4.69) is 0 Å². The van der Waals surface area contributed by atoms with Crippen molar-refractivity contribution in [2.75, 3.05) is 13.2 Å². The van der Waals surface area contributed by atoms with E-state index in [4.69, 9.17) is 23.2 Å². The van der Waals surface area contributed by atoms with Crippen molar-refractivity contribution in [2.24, 2.45) is 0 Å². The number of aliphatic hydroxyl groups excluding tert-OH is 1. The van der Waals surface area contributed by atoms with Gasteiger partial charge in [-0.25, -0.2) is 0 Å². The molecule has 1 aliphatic rings. The molecule has 1 aromatic carbocycles. The number of hydrogen-bond acceptors (Lipinski definition) is 2. The fourth-order valence-corrected chi connectivity index (χ4v) is 2.59. The predicted molar refractivity (Wildman–Crippen MR) is 77.3 cm³/mol. The van der Waals surface area contributed by atoms with Crippen LogP contribution >= 0.6 is 23.2 Å². The van der Waals surface area contributed by atoms with Crippen molar-refractivity contribution in [2.45, 2.75) is 18.9 Å². The number of carbonyl (C=O) groups is 1. The van der Waals surface area contributed by atoms with Crippen LogP contribution in [0.15, 0.2) is 24.3 Å². The normalized spacial score (nSPS) is 19.3. The molecule has 0 saturated carbocycles. The van der Waals surface area contributed by atoms with Gasteiger partial charge in [-0.15, -0.1) is 0 Å². The zero-order valence-electron chi connectivity index (χ0n) is 10.4. The summed E-state index contributed by atoms with van der Waals surface area (Å²) in [6, 6.07) is 5.22. The van der Waals surface area contributed by atoms with Gasteiger partial charge in [-0.2, -0.15) is 0 Å². The summed E-state index contributed by atoms with van der Waals surface area (Å²) in [5, 5.41) is 10.1. The van der Waals surface area contributed by atoms with Crippen LogP contribution in [0.2, 0.25) is 10.0 Å². The van der Waals surface area contributed by atoms with Crippen LogP contribution in [0.3, 0.4) is 0 Å². The summed E-state index contributed by atoms with van der Waals surface area (Å²) in [5.74, 6) is -0.104. The lowest BCUT2D eigenvalue weighted by atomic mass is 10.2. The number of carbonyl (C=O) groups excluding carboxylic acids is 1. The zero-order valence-corrected chi connectivity index (χ0v) is 11.9. The van der Waals surface area contributed by atoms with E-state index in [0.29, 0.717) is 22.2 Å². The molecule has 0 radical (unpaired) electrons. The first kappa shape index (κ1) is 14.4. The van der Waals surface area contributed by atoms with Gasteiger partial charge in [0.15, 0.2) is 0 Å². The van der Waals surface area contributed by atoms with Crippen LogP contribution in [0.1, 0.15) is 18.4 Å². The summed E-state index contributed by atoms with van der Waals surface area (Å²) < 4.78 is 0. The third kappa shape index (κ3) is 3.30. The summed E-state index contributed by atoms with van der Waals surface area (Å²) in [6.45, 7) is 0.704. The smallest absolute Gasteiger partial charge is 0.246 e. The zero-order chi connectivity index (χ0) is 13.8. The van der Waals surface area contributed by atoms with Crippen LogP contribution < -0.4 is 0 Å². The third-order valence-corrected chi connectivity index (χ3v) is 4.09. The number of hydrogen-bond donors (Lipinski definition) is 1. The monoisotopic (exact) mass is 299 g/mol. The lowest BCUT2D eigenvalue weighted by molar-refractivity contribution is -0.127. The van der Waals surface area contributed by atoms with E-state index in [-0.39, 0.29) is 18.6 Å². The van der Waals surface area contributed by atoms with E-state index >= 15 is 0 Å². The Labute approximate surface area is 122 Å². The van der Waals surface area contributed by atoms with E-state index in [1.807, 2.05) is 0 Å². The maximum absolute atomic E-state index is 12.0. The Balaban J connectivity index is 2.10. The molecule has 1 N–H and O–H groups in total. The minimum absolute atomic E-state index is 0.0114. The second kappa shape index (κ2) is 6.42. The van der Waals surface area contributed by atoms with Crippen LogP contribution in [-0.4, -0.2) is 35.1 Å². The number of benzene rings is 1. The van der Waals surface area contributed by atoms with Gasteiger partial charge < -0.3 is 10.0 Å². The van der Waals surface area contributed by atoms with Gasteiger partial charge >= 0.3 is 0 Å². The van der Waals surface area contributed by atoms with Gasteiger partial charge in [0.25, 0.3) is 0 Å². The molecule has 3 nitrogen and oxygen atoms in total. The summed E-state index contributed by atoms with van der Waals surface area (Å²) in [5.41, 5.74) is 0.710. The number of likely N-dealkylation sites (tertiary alicyclic amines) is 1. The average molecular weight is 300 g/mol. The first-order chi connectivity index (χ1) is 9.13. The standard InChI is InChI=1S/C14H15Cl2NO2/c15-12-5-1-3-10(14(12)16)6-7-13(19)17-8-2-4-11(17)9-18/h1,3,5-7,11,18H,2,4,8-9H2. The van der Waals surface area contributed by atoms with Gasteiger partial charge in [0.05, 0.1) is 22.7 Å². The second-order valence-electron chi connectivity index (χ2n) is 4.49. The molecule has 0 aromatic heterocycles. The topological polar surface area (TPSA) is 40.5 Å². The largest absolute Gasteiger partial charge is 0.394 e. The van der Waals surface area contributed by atoms with Crippen molar-refractivity contribution in [3.63, 3.8) is 0 Å². The quantitative estimate of drug-likeness (QED) is 0.872. The van der Waals surface area contributed by atoms with Gasteiger partial charge in [0.2, 0.25) is 5.91 Å². The number of aliphatic hydroxyl groups is 1. The Hall–Kier alpha value is -1.03. The highest BCUT2D eigenvalue weighted by atomic mass is 35.5. The predicted octanol–water partition coefficient (Wildman–Crippen LogP) is 2.99. The van der Waals surface area contributed by atoms with Crippen LogP contribution in [-0.2, 0) is 4.79 Å². The molecule has 1 unspecified atom stereocenters. The van der Waals surface area contributed by atoms with Crippen molar-refractivity contribution in [1.82, 2.24) is 4.90 Å². The van der Waals surface area contributed by atoms with E-state index in [1.54, 1.807) is 29.2 Å². The molecule has 19 heavy (non-hydrogen) atoms. The van der Waals surface area contributed by atoms with Crippen molar-refractivity contribution >= 4 is 35.2 Å². The molecule has 2 rings (SSSR count). The third-order valence-electron chi connectivity index (χ3n) is 3.26. The second-order valence-corrected chi connectivity index (χ2v) is 5.27. The highest BCUT2D eigenvalue weighted by Crippen LogP contribution is 2.26. The van der Waals surface area contributed by atoms with Crippen LogP contribution in [0.5, 0.6) is 0 Å². The molecule has 1 aromatic rings. The van der Waals surface area contributed by atoms with Gasteiger partial charge in [-0.3, -0.25) is 4.79 Å². The van der Waals surface area contributed by atoms with Crippen molar-refractivity contribution < 1.29 is 9.90 Å². The van der Waals surface area contributed by atoms with Crippen LogP contribution in [0, 0.1) is 0 Å². The Morgan fingerprint density at radius 1 is 1.47 bits per heavy atom. The molecule has 0 aliphatic carbocycles. The fraction of sp³-hybridized carbons (Fsp3) is 0.357. The Morgan fingerprint density at radius 3 is 3.00 bits per heavy atom. The molecular formula is C14H15Cl2NO2. The maximum atomic E-state index is 12.0. The van der Waals surface area contributed by atoms with Crippen molar-refractivity contribution in [3.05, 3.63) is 39.9 Å². The average Bonchev–Trinajstić information content (AvgIpc) is 2.88. The summed E-state index contributed by atoms with van der Waals surface area (Å²) in [7, 11) is 0. The van der Waals surface area contributed by atoms with E-state index < -0.39 is 0 Å². The molecule has 5 heteroatoms. The van der Waals surface area contributed by atoms with E-state index in [9.17, 15) is 9.90 Å². The molecule has 1 aliphatic heterocycles. The first-order valence-electron chi connectivity index (χ1n) is 6.17. The van der Waals surface area contributed by atoms with Gasteiger partial charge in [0, 0.05) is 12.6 Å². The molecule has 1 heterocycles. The van der Waals surface area contributed by atoms with E-state index in [1.165, 1.54) is 6.08 Å². The Kier molecular flexibility index (Phi) is 4.86. The van der Waals surface area contributed by atoms with Gasteiger partial charge in [-0.1, -0.05) is 35.3 Å². The lowest BCUT2D eigenvalue weighted by Crippen LogP contribution is -2.36. The van der Waals surface area contributed by atoms with Crippen molar-refractivity contribution in [3.8, 4) is 0 Å². The first-order valence-corrected chi connectivity index (χ1v) is 6.92. The SMILES string of the molecule is O=C(C=Cc1cccc(Cl)c1Cl)N1CCCC1CO. The fourth-order valence-electron chi connectivity index (χ4n) is 2.22. The Morgan fingerprint density at radius 2 is 2.26 bits per heavy atom. The van der Waals surface area contributed by atoms with Gasteiger partial charge in [0.1, 0.15) is 0 Å². The molecule has 1 saturated heterocycles. The summed E-state index contributed by atoms with van der Waals surface area (Å²) in [4.78, 5) is 13.7. The number of amides is 1. The number of rotatable bonds is 3. The molecule has 1 fully saturated rings. The molecule has 102 valence electrons. The maximum Gasteiger partial charge on any atom is 0.246 e. The molecule has 1 atom stereocenters. The minimum Gasteiger partial charge on any atom is -0.394 e. The lowest BCUT2D eigenvalue weighted by Gasteiger charge is -2.21. The molecule has 0 bridgehead atoms.